The topological polar surface area (TPSA) is 218 Å². The third kappa shape index (κ3) is 16.3. The maximum Gasteiger partial charge on any atom is 0.418 e. The maximum absolute atomic E-state index is 13.5. The van der Waals surface area contributed by atoms with Crippen LogP contribution in [0.2, 0.25) is 0 Å². The molecule has 0 fully saturated rings. The molecule has 0 spiro atoms. The van der Waals surface area contributed by atoms with Crippen molar-refractivity contribution in [3.8, 4) is 0 Å². The van der Waals surface area contributed by atoms with E-state index < -0.39 is 59.9 Å². The molecule has 1 rings (SSSR count). The van der Waals surface area contributed by atoms with Crippen molar-refractivity contribution in [1.29, 1.82) is 0 Å². The number of nitrogens with one attached hydrogen (secondary N) is 5. The van der Waals surface area contributed by atoms with Crippen LogP contribution in [0.5, 0.6) is 0 Å². The lowest BCUT2D eigenvalue weighted by Crippen LogP contribution is -2.47. The zero-order valence-electron chi connectivity index (χ0n) is 23.9. The van der Waals surface area contributed by atoms with Crippen LogP contribution >= 0.6 is 31.9 Å². The summed E-state index contributed by atoms with van der Waals surface area (Å²) in [6.45, 7) is -0.251. The Bertz CT molecular complexity index is 1190. The number of halogens is 5. The van der Waals surface area contributed by atoms with E-state index in [-0.39, 0.29) is 50.0 Å². The zero-order chi connectivity index (χ0) is 34.0. The van der Waals surface area contributed by atoms with Gasteiger partial charge in [-0.3, -0.25) is 24.5 Å². The van der Waals surface area contributed by atoms with E-state index in [9.17, 15) is 41.9 Å². The standard InChI is InChI=1S/C26H35Br2F3N6O8/c27-12-15(13-28)23(41)45-10-3-1-2-6-20(38)34-14-21(39)36-19(5-4-9-33-24(32)42)22(40)35-16-7-8-18(37-25(43)44)17(11-16)26(29,30)31/h7-8,11,15,19,37H,1-6,9-10,12-14H2,(H,34,38)(H,35,40)(H,36,39)(H,43,44)(H3,32,33,42). The molecular formula is C26H35Br2F3N6O8. The van der Waals surface area contributed by atoms with E-state index in [1.807, 2.05) is 0 Å². The summed E-state index contributed by atoms with van der Waals surface area (Å²) in [5.41, 5.74) is 2.58. The van der Waals surface area contributed by atoms with Crippen LogP contribution in [0.1, 0.15) is 44.1 Å². The van der Waals surface area contributed by atoms with Gasteiger partial charge in [-0.15, -0.1) is 0 Å². The van der Waals surface area contributed by atoms with E-state index in [2.05, 4.69) is 53.1 Å². The number of nitrogens with two attached hydrogens (primary N) is 1. The van der Waals surface area contributed by atoms with Gasteiger partial charge in [0.25, 0.3) is 0 Å². The lowest BCUT2D eigenvalue weighted by atomic mass is 10.1. The van der Waals surface area contributed by atoms with Crippen molar-refractivity contribution in [3.63, 3.8) is 0 Å². The summed E-state index contributed by atoms with van der Waals surface area (Å²) in [6.07, 6.45) is -4.91. The normalized spacial score (nSPS) is 11.7. The Hall–Kier alpha value is -3.61. The molecule has 0 radical (unpaired) electrons. The van der Waals surface area contributed by atoms with E-state index in [1.54, 1.807) is 5.32 Å². The molecule has 1 aromatic rings. The fourth-order valence-electron chi connectivity index (χ4n) is 3.63. The number of esters is 1. The number of benzene rings is 1. The molecule has 8 N–H and O–H groups in total. The summed E-state index contributed by atoms with van der Waals surface area (Å²) in [4.78, 5) is 71.2. The van der Waals surface area contributed by atoms with Crippen molar-refractivity contribution in [3.05, 3.63) is 23.8 Å². The number of unbranched alkanes of at least 4 members (excludes halogenated alkanes) is 2. The third-order valence-corrected chi connectivity index (χ3v) is 7.46. The lowest BCUT2D eigenvalue weighted by molar-refractivity contribution is -0.147. The summed E-state index contributed by atoms with van der Waals surface area (Å²) in [5, 5.41) is 20.7. The Morgan fingerprint density at radius 1 is 0.933 bits per heavy atom. The highest BCUT2D eigenvalue weighted by Crippen LogP contribution is 2.36. The predicted octanol–water partition coefficient (Wildman–Crippen LogP) is 3.29. The fraction of sp³-hybridized carbons (Fsp3) is 0.538. The Morgan fingerprint density at radius 2 is 1.62 bits per heavy atom. The van der Waals surface area contributed by atoms with E-state index in [4.69, 9.17) is 15.6 Å². The Morgan fingerprint density at radius 3 is 2.22 bits per heavy atom. The number of carbonyl (C=O) groups is 6. The number of primary amides is 1. The van der Waals surface area contributed by atoms with Gasteiger partial charge in [0.2, 0.25) is 17.7 Å². The number of carboxylic acid groups (broad SMARTS) is 1. The molecular weight excluding hydrogens is 741 g/mol. The molecule has 0 aromatic heterocycles. The first-order valence-corrected chi connectivity index (χ1v) is 15.8. The molecule has 19 heteroatoms. The zero-order valence-corrected chi connectivity index (χ0v) is 27.1. The number of anilines is 2. The Labute approximate surface area is 273 Å². The Balaban J connectivity index is 2.70. The first kappa shape index (κ1) is 39.4. The highest BCUT2D eigenvalue weighted by Gasteiger charge is 2.34. The number of urea groups is 1. The second kappa shape index (κ2) is 20.4. The summed E-state index contributed by atoms with van der Waals surface area (Å²) < 4.78 is 45.6. The number of rotatable bonds is 19. The van der Waals surface area contributed by atoms with Gasteiger partial charge in [-0.2, -0.15) is 13.2 Å². The van der Waals surface area contributed by atoms with Crippen LogP contribution in [-0.4, -0.2) is 77.3 Å². The molecule has 0 aliphatic rings. The second-order valence-electron chi connectivity index (χ2n) is 9.49. The van der Waals surface area contributed by atoms with Gasteiger partial charge >= 0.3 is 24.3 Å². The van der Waals surface area contributed by atoms with Crippen molar-refractivity contribution in [2.24, 2.45) is 11.7 Å². The smallest absolute Gasteiger partial charge is 0.418 e. The van der Waals surface area contributed by atoms with Crippen LogP contribution in [0.3, 0.4) is 0 Å². The highest BCUT2D eigenvalue weighted by molar-refractivity contribution is 9.09. The second-order valence-corrected chi connectivity index (χ2v) is 10.8. The number of hydrogen-bond acceptors (Lipinski definition) is 7. The number of amides is 6. The van der Waals surface area contributed by atoms with Crippen LogP contribution in [0.25, 0.3) is 0 Å². The van der Waals surface area contributed by atoms with Gasteiger partial charge in [-0.25, -0.2) is 9.59 Å². The minimum Gasteiger partial charge on any atom is -0.465 e. The minimum absolute atomic E-state index is 0.0340. The van der Waals surface area contributed by atoms with E-state index in [1.165, 1.54) is 0 Å². The molecule has 0 aliphatic carbocycles. The molecule has 6 amide bonds. The molecule has 0 aliphatic heterocycles. The molecule has 1 aromatic carbocycles. The van der Waals surface area contributed by atoms with Crippen LogP contribution in [-0.2, 0) is 30.1 Å². The van der Waals surface area contributed by atoms with E-state index in [0.717, 1.165) is 12.1 Å². The molecule has 252 valence electrons. The molecule has 45 heavy (non-hydrogen) atoms. The molecule has 14 nitrogen and oxygen atoms in total. The SMILES string of the molecule is NC(=O)NCCCC(NC(=O)CNC(=O)CCCCCOC(=O)C(CBr)CBr)C(=O)Nc1ccc(NC(=O)O)c(C(F)(F)F)c1. The predicted molar refractivity (Wildman–Crippen MR) is 164 cm³/mol. The Kier molecular flexibility index (Phi) is 17.9. The van der Waals surface area contributed by atoms with Crippen LogP contribution < -0.4 is 32.3 Å². The molecule has 1 atom stereocenters. The number of alkyl halides is 5. The van der Waals surface area contributed by atoms with Gasteiger partial charge in [-0.1, -0.05) is 31.9 Å². The minimum atomic E-state index is -4.96. The monoisotopic (exact) mass is 774 g/mol. The van der Waals surface area contributed by atoms with Crippen molar-refractivity contribution in [1.82, 2.24) is 16.0 Å². The molecule has 0 heterocycles. The highest BCUT2D eigenvalue weighted by atomic mass is 79.9. The van der Waals surface area contributed by atoms with Gasteiger partial charge in [0.05, 0.1) is 30.3 Å². The summed E-state index contributed by atoms with van der Waals surface area (Å²) in [7, 11) is 0. The average molecular weight is 776 g/mol. The van der Waals surface area contributed by atoms with Crippen LogP contribution in [0.4, 0.5) is 34.1 Å². The van der Waals surface area contributed by atoms with Gasteiger partial charge in [0, 0.05) is 29.3 Å². The van der Waals surface area contributed by atoms with Gasteiger partial charge in [0.1, 0.15) is 6.04 Å². The quantitative estimate of drug-likeness (QED) is 0.0627. The first-order chi connectivity index (χ1) is 21.2. The average Bonchev–Trinajstić information content (AvgIpc) is 2.95. The first-order valence-electron chi connectivity index (χ1n) is 13.6. The summed E-state index contributed by atoms with van der Waals surface area (Å²) in [5.74, 6) is -2.73. The number of carbonyl (C=O) groups excluding carboxylic acids is 5. The van der Waals surface area contributed by atoms with Gasteiger partial charge in [0.15, 0.2) is 0 Å². The van der Waals surface area contributed by atoms with Crippen molar-refractivity contribution < 1.29 is 51.8 Å². The lowest BCUT2D eigenvalue weighted by Gasteiger charge is -2.20. The van der Waals surface area contributed by atoms with Crippen molar-refractivity contribution in [2.45, 2.75) is 50.7 Å². The van der Waals surface area contributed by atoms with E-state index >= 15 is 0 Å². The van der Waals surface area contributed by atoms with Gasteiger partial charge < -0.3 is 36.8 Å². The summed E-state index contributed by atoms with van der Waals surface area (Å²) in [6, 6.07) is 0.288. The molecule has 1 unspecified atom stereocenters. The largest absolute Gasteiger partial charge is 0.465 e. The molecule has 0 saturated carbocycles. The number of ether oxygens (including phenoxy) is 1. The molecule has 0 bridgehead atoms. The maximum atomic E-state index is 13.5. The molecule has 0 saturated heterocycles. The van der Waals surface area contributed by atoms with Crippen LogP contribution in [0.15, 0.2) is 18.2 Å². The van der Waals surface area contributed by atoms with E-state index in [0.29, 0.717) is 36.0 Å². The van der Waals surface area contributed by atoms with Crippen molar-refractivity contribution >= 4 is 79.0 Å². The summed E-state index contributed by atoms with van der Waals surface area (Å²) >= 11 is 6.45. The van der Waals surface area contributed by atoms with Gasteiger partial charge in [-0.05, 0) is 50.3 Å². The fourth-order valence-corrected chi connectivity index (χ4v) is 5.23. The third-order valence-electron chi connectivity index (χ3n) is 5.90. The van der Waals surface area contributed by atoms with Crippen molar-refractivity contribution in [2.75, 3.05) is 41.0 Å². The number of hydrogen-bond donors (Lipinski definition) is 7. The van der Waals surface area contributed by atoms with Crippen LogP contribution in [0, 0.1) is 5.92 Å².